The molecule has 45 valence electrons. The zero-order valence-corrected chi connectivity index (χ0v) is 8.19. The van der Waals surface area contributed by atoms with Gasteiger partial charge in [0.25, 0.3) is 0 Å². The van der Waals surface area contributed by atoms with Gasteiger partial charge in [0.05, 0.1) is 0 Å². The number of hydrogen-bond acceptors (Lipinski definition) is 1. The minimum absolute atomic E-state index is 0. The van der Waals surface area contributed by atoms with Crippen LogP contribution in [-0.2, 0) is 37.5 Å². The fourth-order valence-electron chi connectivity index (χ4n) is 0. The molecular formula is C6H10OY-2. The van der Waals surface area contributed by atoms with Gasteiger partial charge in [-0.25, -0.2) is 6.08 Å². The largest absolute Gasteiger partial charge is 0.407 e. The first-order valence-corrected chi connectivity index (χ1v) is 2.03. The first kappa shape index (κ1) is 15.8. The standard InChI is InChI=1S/C4H5O.C2H5.Y/c1-3-4(2)5;1-2;/h1,3H,2H3;1H2,2H3;/q2*-1;. The van der Waals surface area contributed by atoms with E-state index >= 15 is 0 Å². The van der Waals surface area contributed by atoms with Gasteiger partial charge in [-0.15, -0.1) is 0 Å². The predicted molar refractivity (Wildman–Crippen MR) is 30.6 cm³/mol. The number of rotatable bonds is 1. The van der Waals surface area contributed by atoms with Crippen molar-refractivity contribution in [3.05, 3.63) is 19.6 Å². The molecular weight excluding hydrogens is 177 g/mol. The molecule has 0 amide bonds. The Labute approximate surface area is 76.4 Å². The molecule has 2 heteroatoms. The number of carbonyl (C=O) groups is 1. The van der Waals surface area contributed by atoms with Crippen LogP contribution in [0, 0.1) is 13.5 Å². The maximum atomic E-state index is 9.63. The third kappa shape index (κ3) is 31.3. The van der Waals surface area contributed by atoms with E-state index in [1.165, 1.54) is 6.92 Å². The average molecular weight is 187 g/mol. The van der Waals surface area contributed by atoms with Crippen molar-refractivity contribution in [1.29, 1.82) is 0 Å². The Morgan fingerprint density at radius 2 is 1.75 bits per heavy atom. The number of carbonyl (C=O) groups excluding carboxylic acids is 1. The van der Waals surface area contributed by atoms with Crippen LogP contribution >= 0.6 is 0 Å². The zero-order valence-electron chi connectivity index (χ0n) is 5.35. The van der Waals surface area contributed by atoms with Gasteiger partial charge in [-0.05, 0) is 5.78 Å². The van der Waals surface area contributed by atoms with Gasteiger partial charge in [0.2, 0.25) is 0 Å². The Kier molecular flexibility index (Phi) is 30.9. The van der Waals surface area contributed by atoms with E-state index in [9.17, 15) is 4.79 Å². The SMILES string of the molecule is [CH-]=CC(C)=O.[CH2-]C.[Y]. The molecule has 0 spiro atoms. The summed E-state index contributed by atoms with van der Waals surface area (Å²) in [5.74, 6) is -0.0926. The van der Waals surface area contributed by atoms with E-state index in [0.717, 1.165) is 6.08 Å². The van der Waals surface area contributed by atoms with Gasteiger partial charge in [-0.2, -0.15) is 6.92 Å². The van der Waals surface area contributed by atoms with Crippen molar-refractivity contribution in [2.45, 2.75) is 13.8 Å². The minimum atomic E-state index is -0.0926. The first-order chi connectivity index (χ1) is 3.27. The van der Waals surface area contributed by atoms with Crippen LogP contribution in [0.1, 0.15) is 13.8 Å². The molecule has 0 heterocycles. The summed E-state index contributed by atoms with van der Waals surface area (Å²) < 4.78 is 0. The van der Waals surface area contributed by atoms with Crippen molar-refractivity contribution in [3.8, 4) is 0 Å². The third-order valence-electron chi connectivity index (χ3n) is 0.235. The van der Waals surface area contributed by atoms with Gasteiger partial charge in [-0.3, -0.25) is 6.58 Å². The monoisotopic (exact) mass is 187 g/mol. The van der Waals surface area contributed by atoms with Gasteiger partial charge in [0.15, 0.2) is 0 Å². The Morgan fingerprint density at radius 1 is 1.62 bits per heavy atom. The number of allylic oxidation sites excluding steroid dienone is 1. The summed E-state index contributed by atoms with van der Waals surface area (Å²) in [6, 6.07) is 0. The van der Waals surface area contributed by atoms with Crippen molar-refractivity contribution < 1.29 is 37.5 Å². The molecule has 1 nitrogen and oxygen atoms in total. The van der Waals surface area contributed by atoms with Crippen LogP contribution in [-0.4, -0.2) is 5.78 Å². The average Bonchev–Trinajstić information content (AvgIpc) is 1.73. The Morgan fingerprint density at radius 3 is 1.75 bits per heavy atom. The summed E-state index contributed by atoms with van der Waals surface area (Å²) in [6.45, 7) is 11.1. The van der Waals surface area contributed by atoms with Crippen LogP contribution in [0.15, 0.2) is 6.08 Å². The quantitative estimate of drug-likeness (QED) is 0.448. The topological polar surface area (TPSA) is 17.1 Å². The molecule has 0 aromatic rings. The fourth-order valence-corrected chi connectivity index (χ4v) is 0. The maximum Gasteiger partial charge on any atom is 0 e. The predicted octanol–water partition coefficient (Wildman–Crippen LogP) is 1.40. The molecule has 0 aromatic heterocycles. The second-order valence-electron chi connectivity index (χ2n) is 0.777. The maximum absolute atomic E-state index is 9.63. The van der Waals surface area contributed by atoms with E-state index in [1.807, 2.05) is 0 Å². The molecule has 0 aliphatic rings. The van der Waals surface area contributed by atoms with Crippen molar-refractivity contribution in [2.75, 3.05) is 0 Å². The molecule has 0 bridgehead atoms. The molecule has 0 aromatic carbocycles. The smallest absolute Gasteiger partial charge is 0 e. The van der Waals surface area contributed by atoms with Crippen LogP contribution < -0.4 is 0 Å². The Balaban J connectivity index is -0.0000000750. The van der Waals surface area contributed by atoms with E-state index < -0.39 is 0 Å². The molecule has 0 rings (SSSR count). The van der Waals surface area contributed by atoms with Gasteiger partial charge < -0.3 is 11.7 Å². The van der Waals surface area contributed by atoms with Crippen LogP contribution in [0.3, 0.4) is 0 Å². The summed E-state index contributed by atoms with van der Waals surface area (Å²) in [6.07, 6.45) is 1.03. The second-order valence-corrected chi connectivity index (χ2v) is 0.777. The second kappa shape index (κ2) is 15.6. The number of ketones is 1. The van der Waals surface area contributed by atoms with Gasteiger partial charge in [-0.1, -0.05) is 6.92 Å². The summed E-state index contributed by atoms with van der Waals surface area (Å²) in [7, 11) is 0. The van der Waals surface area contributed by atoms with E-state index in [4.69, 9.17) is 6.58 Å². The minimum Gasteiger partial charge on any atom is -0.407 e. The van der Waals surface area contributed by atoms with Gasteiger partial charge in [0, 0.05) is 32.7 Å². The third-order valence-corrected chi connectivity index (χ3v) is 0.235. The van der Waals surface area contributed by atoms with Crippen molar-refractivity contribution in [2.24, 2.45) is 0 Å². The fraction of sp³-hybridized carbons (Fsp3) is 0.333. The van der Waals surface area contributed by atoms with Crippen LogP contribution in [0.5, 0.6) is 0 Å². The molecule has 0 unspecified atom stereocenters. The van der Waals surface area contributed by atoms with Crippen LogP contribution in [0.2, 0.25) is 0 Å². The molecule has 0 saturated carbocycles. The summed E-state index contributed by atoms with van der Waals surface area (Å²) in [4.78, 5) is 9.63. The van der Waals surface area contributed by atoms with Crippen LogP contribution in [0.25, 0.3) is 0 Å². The van der Waals surface area contributed by atoms with Crippen LogP contribution in [0.4, 0.5) is 0 Å². The Bertz CT molecular complexity index is 59.5. The summed E-state index contributed by atoms with van der Waals surface area (Å²) in [5.41, 5.74) is 0. The molecule has 1 radical (unpaired) electrons. The van der Waals surface area contributed by atoms with Crippen molar-refractivity contribution >= 4 is 5.78 Å². The Hall–Kier alpha value is 0.514. The van der Waals surface area contributed by atoms with Crippen molar-refractivity contribution in [1.82, 2.24) is 0 Å². The normalized spacial score (nSPS) is 4.88. The molecule has 8 heavy (non-hydrogen) atoms. The molecule has 0 fully saturated rings. The van der Waals surface area contributed by atoms with Crippen molar-refractivity contribution in [3.63, 3.8) is 0 Å². The number of hydrogen-bond donors (Lipinski definition) is 0. The van der Waals surface area contributed by atoms with E-state index in [0.29, 0.717) is 0 Å². The molecule has 0 N–H and O–H groups in total. The van der Waals surface area contributed by atoms with E-state index in [1.54, 1.807) is 6.92 Å². The summed E-state index contributed by atoms with van der Waals surface area (Å²) in [5, 5.41) is 0. The van der Waals surface area contributed by atoms with E-state index in [2.05, 4.69) is 6.92 Å². The molecule has 0 aliphatic carbocycles. The summed E-state index contributed by atoms with van der Waals surface area (Å²) >= 11 is 0. The molecule has 0 atom stereocenters. The molecule has 0 aliphatic heterocycles. The van der Waals surface area contributed by atoms with Gasteiger partial charge >= 0.3 is 0 Å². The zero-order chi connectivity index (χ0) is 6.28. The molecule has 0 saturated heterocycles. The van der Waals surface area contributed by atoms with E-state index in [-0.39, 0.29) is 38.5 Å². The first-order valence-electron chi connectivity index (χ1n) is 2.03. The van der Waals surface area contributed by atoms with Gasteiger partial charge in [0.1, 0.15) is 0 Å².